The fraction of sp³-hybridized carbons (Fsp3) is 1.00. The highest BCUT2D eigenvalue weighted by Gasteiger charge is 2.14. The molecular weight excluding hydrogens is 220 g/mol. The summed E-state index contributed by atoms with van der Waals surface area (Å²) in [5.74, 6) is 0. The Morgan fingerprint density at radius 3 is 2.17 bits per heavy atom. The molecule has 1 atom stereocenters. The molecule has 0 bridgehead atoms. The van der Waals surface area contributed by atoms with Crippen molar-refractivity contribution in [3.63, 3.8) is 0 Å². The van der Waals surface area contributed by atoms with Crippen molar-refractivity contribution in [2.24, 2.45) is 0 Å². The van der Waals surface area contributed by atoms with Crippen LogP contribution in [0.15, 0.2) is 0 Å². The van der Waals surface area contributed by atoms with E-state index in [4.69, 9.17) is 0 Å². The van der Waals surface area contributed by atoms with Crippen LogP contribution in [0.2, 0.25) is 0 Å². The molecule has 0 unspecified atom stereocenters. The van der Waals surface area contributed by atoms with Crippen LogP contribution in [0.3, 0.4) is 0 Å². The van der Waals surface area contributed by atoms with E-state index >= 15 is 0 Å². The number of hydrogen-bond donors (Lipinski definition) is 1. The van der Waals surface area contributed by atoms with Gasteiger partial charge in [0.1, 0.15) is 0 Å². The maximum Gasteiger partial charge on any atom is 0.0167 e. The van der Waals surface area contributed by atoms with Gasteiger partial charge >= 0.3 is 0 Å². The van der Waals surface area contributed by atoms with E-state index in [0.717, 1.165) is 0 Å². The average molecular weight is 254 g/mol. The highest BCUT2D eigenvalue weighted by molar-refractivity contribution is 4.74. The van der Waals surface area contributed by atoms with Gasteiger partial charge in [-0.25, -0.2) is 0 Å². The van der Waals surface area contributed by atoms with Gasteiger partial charge in [-0.15, -0.1) is 0 Å². The maximum atomic E-state index is 3.51. The Morgan fingerprint density at radius 1 is 0.944 bits per heavy atom. The first-order valence-electron chi connectivity index (χ1n) is 8.28. The highest BCUT2D eigenvalue weighted by atomic mass is 15.2. The predicted molar refractivity (Wildman–Crippen MR) is 81.1 cm³/mol. The molecule has 0 spiro atoms. The Morgan fingerprint density at radius 2 is 1.56 bits per heavy atom. The third kappa shape index (κ3) is 8.10. The zero-order valence-electron chi connectivity index (χ0n) is 12.7. The Hall–Kier alpha value is -0.0800. The molecule has 0 saturated carbocycles. The van der Waals surface area contributed by atoms with Crippen LogP contribution in [-0.4, -0.2) is 37.1 Å². The molecule has 0 aliphatic carbocycles. The van der Waals surface area contributed by atoms with Gasteiger partial charge in [-0.1, -0.05) is 58.3 Å². The summed E-state index contributed by atoms with van der Waals surface area (Å²) in [6.07, 6.45) is 12.9. The minimum atomic E-state index is 0.692. The molecule has 1 fully saturated rings. The van der Waals surface area contributed by atoms with Crippen LogP contribution in [0.4, 0.5) is 0 Å². The lowest BCUT2D eigenvalue weighted by Gasteiger charge is -2.31. The zero-order valence-corrected chi connectivity index (χ0v) is 12.7. The van der Waals surface area contributed by atoms with E-state index in [-0.39, 0.29) is 0 Å². The average Bonchev–Trinajstić information content (AvgIpc) is 2.37. The van der Waals surface area contributed by atoms with Gasteiger partial charge in [0.25, 0.3) is 0 Å². The van der Waals surface area contributed by atoms with E-state index in [0.29, 0.717) is 6.04 Å². The van der Waals surface area contributed by atoms with Crippen molar-refractivity contribution in [2.45, 2.75) is 77.7 Å². The van der Waals surface area contributed by atoms with Crippen LogP contribution in [-0.2, 0) is 0 Å². The van der Waals surface area contributed by atoms with Gasteiger partial charge in [0.05, 0.1) is 0 Å². The monoisotopic (exact) mass is 254 g/mol. The predicted octanol–water partition coefficient (Wildman–Crippen LogP) is 3.81. The maximum absolute atomic E-state index is 3.51. The Kier molecular flexibility index (Phi) is 9.59. The van der Waals surface area contributed by atoms with Gasteiger partial charge in [0.2, 0.25) is 0 Å². The molecule has 2 nitrogen and oxygen atoms in total. The number of piperazine rings is 1. The Bertz CT molecular complexity index is 182. The Balaban J connectivity index is 1.80. The van der Waals surface area contributed by atoms with E-state index in [1.165, 1.54) is 84.0 Å². The van der Waals surface area contributed by atoms with Gasteiger partial charge in [-0.05, 0) is 19.9 Å². The quantitative estimate of drug-likeness (QED) is 0.596. The molecule has 1 saturated heterocycles. The van der Waals surface area contributed by atoms with Crippen molar-refractivity contribution in [2.75, 3.05) is 26.2 Å². The van der Waals surface area contributed by atoms with Crippen LogP contribution >= 0.6 is 0 Å². The first-order chi connectivity index (χ1) is 8.83. The number of nitrogens with zero attached hydrogens (tertiary/aromatic N) is 1. The van der Waals surface area contributed by atoms with Crippen LogP contribution in [0.5, 0.6) is 0 Å². The second-order valence-electron chi connectivity index (χ2n) is 5.98. The van der Waals surface area contributed by atoms with Crippen LogP contribution in [0.25, 0.3) is 0 Å². The number of hydrogen-bond acceptors (Lipinski definition) is 2. The van der Waals surface area contributed by atoms with E-state index in [1.807, 2.05) is 0 Å². The number of rotatable bonds is 10. The second-order valence-corrected chi connectivity index (χ2v) is 5.98. The standard InChI is InChI=1S/C16H34N2/c1-3-4-5-6-7-8-9-10-11-13-18-14-12-17-16(2)15-18/h16-17H,3-15H2,1-2H3/t16-/m0/s1. The van der Waals surface area contributed by atoms with Gasteiger partial charge in [0.15, 0.2) is 0 Å². The molecule has 0 radical (unpaired) electrons. The molecule has 0 aromatic heterocycles. The van der Waals surface area contributed by atoms with Crippen molar-refractivity contribution in [3.8, 4) is 0 Å². The molecule has 2 heteroatoms. The lowest BCUT2D eigenvalue weighted by Crippen LogP contribution is -2.49. The summed E-state index contributed by atoms with van der Waals surface area (Å²) in [5, 5.41) is 3.51. The van der Waals surface area contributed by atoms with E-state index in [9.17, 15) is 0 Å². The van der Waals surface area contributed by atoms with E-state index < -0.39 is 0 Å². The summed E-state index contributed by atoms with van der Waals surface area (Å²) >= 11 is 0. The summed E-state index contributed by atoms with van der Waals surface area (Å²) < 4.78 is 0. The van der Waals surface area contributed by atoms with E-state index in [1.54, 1.807) is 0 Å². The van der Waals surface area contributed by atoms with Crippen LogP contribution < -0.4 is 5.32 Å². The summed E-state index contributed by atoms with van der Waals surface area (Å²) in [6, 6.07) is 0.692. The molecule has 108 valence electrons. The lowest BCUT2D eigenvalue weighted by molar-refractivity contribution is 0.203. The van der Waals surface area contributed by atoms with Gasteiger partial charge in [-0.2, -0.15) is 0 Å². The molecule has 0 aromatic rings. The Labute approximate surface area is 115 Å². The molecule has 1 aliphatic rings. The lowest BCUT2D eigenvalue weighted by atomic mass is 10.1. The van der Waals surface area contributed by atoms with Gasteiger partial charge in [0, 0.05) is 25.7 Å². The van der Waals surface area contributed by atoms with Crippen molar-refractivity contribution < 1.29 is 0 Å². The molecule has 1 rings (SSSR count). The van der Waals surface area contributed by atoms with Crippen molar-refractivity contribution in [1.29, 1.82) is 0 Å². The fourth-order valence-electron chi connectivity index (χ4n) is 2.86. The van der Waals surface area contributed by atoms with Gasteiger partial charge < -0.3 is 10.2 Å². The first kappa shape index (κ1) is 16.0. The number of nitrogens with one attached hydrogen (secondary N) is 1. The summed E-state index contributed by atoms with van der Waals surface area (Å²) in [5.41, 5.74) is 0. The molecule has 1 heterocycles. The van der Waals surface area contributed by atoms with E-state index in [2.05, 4.69) is 24.1 Å². The number of unbranched alkanes of at least 4 members (excludes halogenated alkanes) is 8. The van der Waals surface area contributed by atoms with Crippen LogP contribution in [0, 0.1) is 0 Å². The van der Waals surface area contributed by atoms with Gasteiger partial charge in [-0.3, -0.25) is 0 Å². The molecule has 1 N–H and O–H groups in total. The topological polar surface area (TPSA) is 15.3 Å². The van der Waals surface area contributed by atoms with Crippen molar-refractivity contribution in [1.82, 2.24) is 10.2 Å². The SMILES string of the molecule is CCCCCCCCCCCN1CCN[C@@H](C)C1. The molecule has 18 heavy (non-hydrogen) atoms. The largest absolute Gasteiger partial charge is 0.312 e. The van der Waals surface area contributed by atoms with Crippen molar-refractivity contribution >= 4 is 0 Å². The van der Waals surface area contributed by atoms with Crippen LogP contribution in [0.1, 0.15) is 71.6 Å². The smallest absolute Gasteiger partial charge is 0.0167 e. The molecule has 0 aromatic carbocycles. The first-order valence-corrected chi connectivity index (χ1v) is 8.28. The summed E-state index contributed by atoms with van der Waals surface area (Å²) in [7, 11) is 0. The third-order valence-electron chi connectivity index (χ3n) is 4.03. The third-order valence-corrected chi connectivity index (χ3v) is 4.03. The summed E-state index contributed by atoms with van der Waals surface area (Å²) in [4.78, 5) is 2.63. The van der Waals surface area contributed by atoms with Crippen molar-refractivity contribution in [3.05, 3.63) is 0 Å². The fourth-order valence-corrected chi connectivity index (χ4v) is 2.86. The molecular formula is C16H34N2. The minimum Gasteiger partial charge on any atom is -0.312 e. The molecule has 0 amide bonds. The molecule has 1 aliphatic heterocycles. The normalized spacial score (nSPS) is 21.3. The highest BCUT2D eigenvalue weighted by Crippen LogP contribution is 2.10. The minimum absolute atomic E-state index is 0.692. The second kappa shape index (κ2) is 10.8. The summed E-state index contributed by atoms with van der Waals surface area (Å²) in [6.45, 7) is 9.58. The zero-order chi connectivity index (χ0) is 13.1.